The highest BCUT2D eigenvalue weighted by Crippen LogP contribution is 2.20. The Bertz CT molecular complexity index is 263. The van der Waals surface area contributed by atoms with Crippen molar-refractivity contribution in [3.63, 3.8) is 0 Å². The summed E-state index contributed by atoms with van der Waals surface area (Å²) in [6.07, 6.45) is 0.173. The van der Waals surface area contributed by atoms with E-state index < -0.39 is 0 Å². The normalized spacial score (nSPS) is 12.2. The van der Waals surface area contributed by atoms with E-state index in [0.29, 0.717) is 0 Å². The first-order valence-electron chi connectivity index (χ1n) is 4.13. The van der Waals surface area contributed by atoms with Crippen molar-refractivity contribution in [1.82, 2.24) is 0 Å². The van der Waals surface area contributed by atoms with Gasteiger partial charge in [-0.05, 0) is 19.1 Å². The van der Waals surface area contributed by atoms with E-state index in [1.807, 2.05) is 31.2 Å². The molecule has 72 valence electrons. The fraction of sp³-hybridized carbons (Fsp3) is 0.400. The number of rotatable bonds is 4. The lowest BCUT2D eigenvalue weighted by atomic mass is 10.3. The quantitative estimate of drug-likeness (QED) is 0.759. The van der Waals surface area contributed by atoms with Gasteiger partial charge in [-0.25, -0.2) is 0 Å². The second kappa shape index (κ2) is 5.12. The number of hydrogen-bond donors (Lipinski definition) is 0. The Morgan fingerprint density at radius 3 is 2.69 bits per heavy atom. The molecule has 3 heteroatoms. The van der Waals surface area contributed by atoms with E-state index in [-0.39, 0.29) is 6.10 Å². The highest BCUT2D eigenvalue weighted by atomic mass is 79.9. The summed E-state index contributed by atoms with van der Waals surface area (Å²) in [4.78, 5) is 0. The molecule has 0 amide bonds. The zero-order valence-corrected chi connectivity index (χ0v) is 9.37. The molecular weight excluding hydrogens is 232 g/mol. The van der Waals surface area contributed by atoms with Crippen LogP contribution in [0.4, 0.5) is 0 Å². The Morgan fingerprint density at radius 1 is 1.38 bits per heavy atom. The SMILES string of the molecule is COc1cccc(O[C@H](C)CBr)c1. The van der Waals surface area contributed by atoms with Crippen LogP contribution in [-0.2, 0) is 0 Å². The third kappa shape index (κ3) is 3.27. The van der Waals surface area contributed by atoms with Crippen molar-refractivity contribution in [2.24, 2.45) is 0 Å². The maximum atomic E-state index is 5.58. The zero-order valence-electron chi connectivity index (χ0n) is 7.79. The molecule has 0 aliphatic carbocycles. The van der Waals surface area contributed by atoms with Crippen LogP contribution in [0.1, 0.15) is 6.92 Å². The minimum Gasteiger partial charge on any atom is -0.497 e. The number of halogens is 1. The smallest absolute Gasteiger partial charge is 0.123 e. The van der Waals surface area contributed by atoms with Gasteiger partial charge in [0.15, 0.2) is 0 Å². The van der Waals surface area contributed by atoms with Gasteiger partial charge in [-0.15, -0.1) is 0 Å². The Balaban J connectivity index is 2.66. The molecule has 0 aliphatic rings. The lowest BCUT2D eigenvalue weighted by Crippen LogP contribution is -2.12. The van der Waals surface area contributed by atoms with Gasteiger partial charge >= 0.3 is 0 Å². The molecule has 0 saturated heterocycles. The second-order valence-electron chi connectivity index (χ2n) is 2.76. The van der Waals surface area contributed by atoms with Crippen molar-refractivity contribution in [1.29, 1.82) is 0 Å². The molecular formula is C10H13BrO2. The van der Waals surface area contributed by atoms with E-state index in [4.69, 9.17) is 9.47 Å². The summed E-state index contributed by atoms with van der Waals surface area (Å²) in [5.74, 6) is 1.66. The van der Waals surface area contributed by atoms with E-state index in [1.54, 1.807) is 7.11 Å². The lowest BCUT2D eigenvalue weighted by molar-refractivity contribution is 0.247. The predicted molar refractivity (Wildman–Crippen MR) is 56.9 cm³/mol. The Morgan fingerprint density at radius 2 is 2.08 bits per heavy atom. The highest BCUT2D eigenvalue weighted by molar-refractivity contribution is 9.09. The van der Waals surface area contributed by atoms with Crippen molar-refractivity contribution in [3.8, 4) is 11.5 Å². The molecule has 2 nitrogen and oxygen atoms in total. The van der Waals surface area contributed by atoms with Gasteiger partial charge in [-0.3, -0.25) is 0 Å². The van der Waals surface area contributed by atoms with E-state index in [9.17, 15) is 0 Å². The first-order chi connectivity index (χ1) is 6.26. The van der Waals surface area contributed by atoms with Gasteiger partial charge in [0, 0.05) is 11.4 Å². The van der Waals surface area contributed by atoms with Gasteiger partial charge in [-0.2, -0.15) is 0 Å². The van der Waals surface area contributed by atoms with Crippen LogP contribution in [0.25, 0.3) is 0 Å². The molecule has 1 aromatic carbocycles. The van der Waals surface area contributed by atoms with Crippen molar-refractivity contribution in [2.75, 3.05) is 12.4 Å². The molecule has 13 heavy (non-hydrogen) atoms. The molecule has 0 N–H and O–H groups in total. The van der Waals surface area contributed by atoms with Crippen molar-refractivity contribution >= 4 is 15.9 Å². The summed E-state index contributed by atoms with van der Waals surface area (Å²) in [7, 11) is 1.65. The number of hydrogen-bond acceptors (Lipinski definition) is 2. The predicted octanol–water partition coefficient (Wildman–Crippen LogP) is 2.86. The first kappa shape index (κ1) is 10.4. The van der Waals surface area contributed by atoms with Crippen molar-refractivity contribution in [3.05, 3.63) is 24.3 Å². The summed E-state index contributed by atoms with van der Waals surface area (Å²) in [6.45, 7) is 2.01. The van der Waals surface area contributed by atoms with E-state index in [0.717, 1.165) is 16.8 Å². The summed E-state index contributed by atoms with van der Waals surface area (Å²) >= 11 is 3.35. The largest absolute Gasteiger partial charge is 0.497 e. The molecule has 1 aromatic rings. The number of benzene rings is 1. The summed E-state index contributed by atoms with van der Waals surface area (Å²) in [5, 5.41) is 0.824. The summed E-state index contributed by atoms with van der Waals surface area (Å²) < 4.78 is 10.7. The molecule has 0 aromatic heterocycles. The average molecular weight is 245 g/mol. The topological polar surface area (TPSA) is 18.5 Å². The van der Waals surface area contributed by atoms with Crippen LogP contribution in [0.5, 0.6) is 11.5 Å². The van der Waals surface area contributed by atoms with Gasteiger partial charge in [-0.1, -0.05) is 22.0 Å². The van der Waals surface area contributed by atoms with Crippen molar-refractivity contribution in [2.45, 2.75) is 13.0 Å². The van der Waals surface area contributed by atoms with E-state index in [1.165, 1.54) is 0 Å². The van der Waals surface area contributed by atoms with Crippen LogP contribution >= 0.6 is 15.9 Å². The maximum Gasteiger partial charge on any atom is 0.123 e. The second-order valence-corrected chi connectivity index (χ2v) is 3.41. The molecule has 0 unspecified atom stereocenters. The summed E-state index contributed by atoms with van der Waals surface area (Å²) in [6, 6.07) is 7.60. The lowest BCUT2D eigenvalue weighted by Gasteiger charge is -2.12. The van der Waals surface area contributed by atoms with Gasteiger partial charge in [0.2, 0.25) is 0 Å². The molecule has 1 atom stereocenters. The first-order valence-corrected chi connectivity index (χ1v) is 5.25. The standard InChI is InChI=1S/C10H13BrO2/c1-8(7-11)13-10-5-3-4-9(6-10)12-2/h3-6,8H,7H2,1-2H3/t8-/m1/s1. The Kier molecular flexibility index (Phi) is 4.09. The van der Waals surface area contributed by atoms with Crippen LogP contribution < -0.4 is 9.47 Å². The average Bonchev–Trinajstić information content (AvgIpc) is 2.18. The van der Waals surface area contributed by atoms with Crippen LogP contribution in [0.2, 0.25) is 0 Å². The van der Waals surface area contributed by atoms with Crippen LogP contribution in [0.3, 0.4) is 0 Å². The molecule has 0 saturated carbocycles. The molecule has 0 spiro atoms. The van der Waals surface area contributed by atoms with Gasteiger partial charge in [0.05, 0.1) is 7.11 Å². The fourth-order valence-corrected chi connectivity index (χ4v) is 1.07. The van der Waals surface area contributed by atoms with E-state index in [2.05, 4.69) is 15.9 Å². The van der Waals surface area contributed by atoms with Crippen molar-refractivity contribution < 1.29 is 9.47 Å². The maximum absolute atomic E-state index is 5.58. The zero-order chi connectivity index (χ0) is 9.68. The fourth-order valence-electron chi connectivity index (χ4n) is 0.938. The molecule has 0 fully saturated rings. The molecule has 0 heterocycles. The molecule has 0 bridgehead atoms. The molecule has 0 radical (unpaired) electrons. The summed E-state index contributed by atoms with van der Waals surface area (Å²) in [5.41, 5.74) is 0. The highest BCUT2D eigenvalue weighted by Gasteiger charge is 2.01. The number of ether oxygens (including phenoxy) is 2. The molecule has 0 aliphatic heterocycles. The monoisotopic (exact) mass is 244 g/mol. The van der Waals surface area contributed by atoms with Crippen LogP contribution in [-0.4, -0.2) is 18.5 Å². The Labute approximate surface area is 87.0 Å². The third-order valence-corrected chi connectivity index (χ3v) is 2.51. The van der Waals surface area contributed by atoms with E-state index >= 15 is 0 Å². The van der Waals surface area contributed by atoms with Gasteiger partial charge < -0.3 is 9.47 Å². The third-order valence-electron chi connectivity index (χ3n) is 1.60. The minimum absolute atomic E-state index is 0.173. The minimum atomic E-state index is 0.173. The number of alkyl halides is 1. The Hall–Kier alpha value is -0.700. The number of methoxy groups -OCH3 is 1. The van der Waals surface area contributed by atoms with Gasteiger partial charge in [0.25, 0.3) is 0 Å². The van der Waals surface area contributed by atoms with Crippen LogP contribution in [0.15, 0.2) is 24.3 Å². The molecule has 1 rings (SSSR count). The van der Waals surface area contributed by atoms with Gasteiger partial charge in [0.1, 0.15) is 17.6 Å². The van der Waals surface area contributed by atoms with Crippen LogP contribution in [0, 0.1) is 0 Å².